The topological polar surface area (TPSA) is 59.9 Å². The molecule has 1 heterocycles. The molecule has 0 spiro atoms. The number of aliphatic imine (C=N–C) groups is 1. The average molecular weight is 627 g/mol. The number of carbonyl (C=O) groups excluding carboxylic acids is 1. The van der Waals surface area contributed by atoms with Crippen molar-refractivity contribution in [3.05, 3.63) is 103 Å². The molecular weight excluding hydrogens is 607 g/mol. The van der Waals surface area contributed by atoms with E-state index >= 15 is 0 Å². The van der Waals surface area contributed by atoms with Crippen molar-refractivity contribution in [2.24, 2.45) is 4.99 Å². The van der Waals surface area contributed by atoms with Crippen LogP contribution < -0.4 is 14.8 Å². The van der Waals surface area contributed by atoms with E-state index in [1.165, 1.54) is 17.1 Å². The maximum absolute atomic E-state index is 12.6. The van der Waals surface area contributed by atoms with Gasteiger partial charge in [-0.25, -0.2) is 4.99 Å². The Balaban J connectivity index is 1.37. The molecule has 0 radical (unpaired) electrons. The zero-order valence-corrected chi connectivity index (χ0v) is 22.9. The van der Waals surface area contributed by atoms with Gasteiger partial charge in [0, 0.05) is 5.02 Å². The second-order valence-electron chi connectivity index (χ2n) is 7.92. The number of halogens is 2. The van der Waals surface area contributed by atoms with Crippen LogP contribution in [0.3, 0.4) is 0 Å². The van der Waals surface area contributed by atoms with Crippen LogP contribution in [-0.4, -0.2) is 18.2 Å². The average Bonchev–Trinajstić information content (AvgIpc) is 3.21. The van der Waals surface area contributed by atoms with E-state index in [-0.39, 0.29) is 5.91 Å². The van der Waals surface area contributed by atoms with Crippen molar-refractivity contribution < 1.29 is 14.3 Å². The maximum atomic E-state index is 12.6. The molecule has 8 heteroatoms. The summed E-state index contributed by atoms with van der Waals surface area (Å²) < 4.78 is 12.8. The van der Waals surface area contributed by atoms with Crippen molar-refractivity contribution in [2.75, 3.05) is 7.11 Å². The van der Waals surface area contributed by atoms with E-state index in [1.807, 2.05) is 48.5 Å². The standard InChI is InChI=1S/C28H20ClIN2O3S/c1-34-24-13-17(14-25-27(33)32-28(36-25)31-21-10-5-9-20(29)15-21)12-23(30)26(24)35-16-19-8-4-7-18-6-2-3-11-22(18)19/h2-15H,16H2,1H3,(H,31,32,33)/b25-14+. The van der Waals surface area contributed by atoms with Crippen LogP contribution in [0.5, 0.6) is 11.5 Å². The Morgan fingerprint density at radius 1 is 1.06 bits per heavy atom. The van der Waals surface area contributed by atoms with Crippen molar-refractivity contribution in [1.82, 2.24) is 5.32 Å². The van der Waals surface area contributed by atoms with Gasteiger partial charge in [0.05, 0.1) is 21.3 Å². The van der Waals surface area contributed by atoms with Crippen LogP contribution >= 0.6 is 46.0 Å². The Hall–Kier alpha value is -3.01. The molecule has 0 aliphatic carbocycles. The fraction of sp³-hybridized carbons (Fsp3) is 0.0714. The quantitative estimate of drug-likeness (QED) is 0.177. The predicted molar refractivity (Wildman–Crippen MR) is 156 cm³/mol. The van der Waals surface area contributed by atoms with Gasteiger partial charge in [-0.1, -0.05) is 60.1 Å². The minimum absolute atomic E-state index is 0.203. The number of rotatable bonds is 6. The van der Waals surface area contributed by atoms with Crippen LogP contribution in [0.1, 0.15) is 11.1 Å². The number of carbonyl (C=O) groups is 1. The first-order chi connectivity index (χ1) is 17.5. The van der Waals surface area contributed by atoms with E-state index in [0.717, 1.165) is 20.1 Å². The molecule has 1 saturated heterocycles. The van der Waals surface area contributed by atoms with Crippen LogP contribution in [-0.2, 0) is 11.4 Å². The van der Waals surface area contributed by atoms with Gasteiger partial charge in [-0.2, -0.15) is 0 Å². The summed E-state index contributed by atoms with van der Waals surface area (Å²) in [5, 5.41) is 6.23. The highest BCUT2D eigenvalue weighted by Crippen LogP contribution is 2.37. The Morgan fingerprint density at radius 2 is 1.86 bits per heavy atom. The highest BCUT2D eigenvalue weighted by Gasteiger charge is 2.24. The molecule has 0 aromatic heterocycles. The second kappa shape index (κ2) is 10.9. The number of thioether (sulfide) groups is 1. The summed E-state index contributed by atoms with van der Waals surface area (Å²) in [6.07, 6.45) is 1.82. The minimum atomic E-state index is -0.203. The van der Waals surface area contributed by atoms with Crippen molar-refractivity contribution in [3.8, 4) is 11.5 Å². The summed E-state index contributed by atoms with van der Waals surface area (Å²) >= 11 is 9.55. The number of hydrogen-bond acceptors (Lipinski definition) is 5. The molecule has 5 rings (SSSR count). The molecule has 0 saturated carbocycles. The van der Waals surface area contributed by atoms with Crippen LogP contribution in [0, 0.1) is 3.57 Å². The predicted octanol–water partition coefficient (Wildman–Crippen LogP) is 7.58. The maximum Gasteiger partial charge on any atom is 0.264 e. The summed E-state index contributed by atoms with van der Waals surface area (Å²) in [5.41, 5.74) is 2.61. The molecule has 1 fully saturated rings. The molecule has 36 heavy (non-hydrogen) atoms. The Morgan fingerprint density at radius 3 is 2.69 bits per heavy atom. The number of methoxy groups -OCH3 is 1. The number of nitrogens with one attached hydrogen (secondary N) is 1. The Bertz CT molecular complexity index is 1530. The second-order valence-corrected chi connectivity index (χ2v) is 10.6. The van der Waals surface area contributed by atoms with Crippen LogP contribution in [0.4, 0.5) is 5.69 Å². The van der Waals surface area contributed by atoms with Gasteiger partial charge in [-0.05, 0) is 92.7 Å². The zero-order chi connectivity index (χ0) is 25.1. The van der Waals surface area contributed by atoms with Crippen molar-refractivity contribution in [3.63, 3.8) is 0 Å². The third kappa shape index (κ3) is 5.53. The SMILES string of the molecule is COc1cc(/C=C2/SC(=Nc3cccc(Cl)c3)NC2=O)cc(I)c1OCc1cccc2ccccc12. The van der Waals surface area contributed by atoms with E-state index in [1.54, 1.807) is 19.2 Å². The molecule has 180 valence electrons. The van der Waals surface area contributed by atoms with Gasteiger partial charge < -0.3 is 14.8 Å². The minimum Gasteiger partial charge on any atom is -0.493 e. The number of fused-ring (bicyclic) bond motifs is 1. The van der Waals surface area contributed by atoms with Gasteiger partial charge in [-0.3, -0.25) is 4.79 Å². The first-order valence-electron chi connectivity index (χ1n) is 11.0. The lowest BCUT2D eigenvalue weighted by atomic mass is 10.1. The molecule has 0 atom stereocenters. The molecule has 4 aromatic carbocycles. The highest BCUT2D eigenvalue weighted by molar-refractivity contribution is 14.1. The molecule has 1 amide bonds. The van der Waals surface area contributed by atoms with E-state index in [4.69, 9.17) is 21.1 Å². The largest absolute Gasteiger partial charge is 0.493 e. The molecule has 1 N–H and O–H groups in total. The third-order valence-corrected chi connectivity index (χ3v) is 7.44. The van der Waals surface area contributed by atoms with E-state index in [9.17, 15) is 4.79 Å². The number of hydrogen-bond donors (Lipinski definition) is 1. The summed E-state index contributed by atoms with van der Waals surface area (Å²) in [6.45, 7) is 0.412. The van der Waals surface area contributed by atoms with Crippen LogP contribution in [0.15, 0.2) is 88.8 Å². The number of amidine groups is 1. The molecule has 1 aliphatic rings. The van der Waals surface area contributed by atoms with Crippen molar-refractivity contribution in [1.29, 1.82) is 0 Å². The lowest BCUT2D eigenvalue weighted by Gasteiger charge is -2.15. The van der Waals surface area contributed by atoms with Gasteiger partial charge >= 0.3 is 0 Å². The summed E-state index contributed by atoms with van der Waals surface area (Å²) in [5.74, 6) is 1.07. The van der Waals surface area contributed by atoms with Crippen LogP contribution in [0.2, 0.25) is 5.02 Å². The number of ether oxygens (including phenoxy) is 2. The first kappa shape index (κ1) is 24.7. The normalized spacial score (nSPS) is 15.5. The molecule has 1 aliphatic heterocycles. The van der Waals surface area contributed by atoms with Gasteiger partial charge in [0.2, 0.25) is 0 Å². The monoisotopic (exact) mass is 626 g/mol. The van der Waals surface area contributed by atoms with Crippen molar-refractivity contribution in [2.45, 2.75) is 6.61 Å². The van der Waals surface area contributed by atoms with Crippen molar-refractivity contribution >= 4 is 79.6 Å². The molecule has 0 unspecified atom stereocenters. The van der Waals surface area contributed by atoms with E-state index in [0.29, 0.717) is 38.9 Å². The van der Waals surface area contributed by atoms with Gasteiger partial charge in [0.1, 0.15) is 6.61 Å². The number of benzene rings is 4. The fourth-order valence-corrected chi connectivity index (χ4v) is 5.63. The molecular formula is C28H20ClIN2O3S. The molecule has 4 aromatic rings. The molecule has 0 bridgehead atoms. The van der Waals surface area contributed by atoms with Gasteiger partial charge in [-0.15, -0.1) is 0 Å². The number of amides is 1. The van der Waals surface area contributed by atoms with Gasteiger partial charge in [0.15, 0.2) is 16.7 Å². The lowest BCUT2D eigenvalue weighted by molar-refractivity contribution is -0.115. The zero-order valence-electron chi connectivity index (χ0n) is 19.1. The van der Waals surface area contributed by atoms with E-state index in [2.05, 4.69) is 57.2 Å². The first-order valence-corrected chi connectivity index (χ1v) is 13.3. The number of nitrogens with zero attached hydrogens (tertiary/aromatic N) is 1. The smallest absolute Gasteiger partial charge is 0.264 e. The Kier molecular flexibility index (Phi) is 7.50. The Labute approximate surface area is 231 Å². The highest BCUT2D eigenvalue weighted by atomic mass is 127. The fourth-order valence-electron chi connectivity index (χ4n) is 3.83. The summed E-state index contributed by atoms with van der Waals surface area (Å²) in [4.78, 5) is 17.6. The van der Waals surface area contributed by atoms with E-state index < -0.39 is 0 Å². The lowest BCUT2D eigenvalue weighted by Crippen LogP contribution is -2.19. The van der Waals surface area contributed by atoms with Crippen LogP contribution in [0.25, 0.3) is 16.8 Å². The molecule has 5 nitrogen and oxygen atoms in total. The third-order valence-electron chi connectivity index (χ3n) is 5.49. The summed E-state index contributed by atoms with van der Waals surface area (Å²) in [7, 11) is 1.61. The van der Waals surface area contributed by atoms with Gasteiger partial charge in [0.25, 0.3) is 5.91 Å². The summed E-state index contributed by atoms with van der Waals surface area (Å²) in [6, 6.07) is 25.4.